The van der Waals surface area contributed by atoms with Crippen LogP contribution in [0, 0.1) is 6.42 Å². The van der Waals surface area contributed by atoms with E-state index >= 15 is 0 Å². The Morgan fingerprint density at radius 3 is 3.07 bits per heavy atom. The molecule has 0 rings (SSSR count). The first-order valence-corrected chi connectivity index (χ1v) is 7.11. The van der Waals surface area contributed by atoms with Crippen LogP contribution in [0.2, 0.25) is 6.04 Å². The van der Waals surface area contributed by atoms with Crippen LogP contribution in [0.15, 0.2) is 0 Å². The van der Waals surface area contributed by atoms with E-state index in [0.29, 0.717) is 12.8 Å². The van der Waals surface area contributed by atoms with Gasteiger partial charge in [0.2, 0.25) is 0 Å². The monoisotopic (exact) mass is 232 g/mol. The van der Waals surface area contributed by atoms with E-state index in [2.05, 4.69) is 11.7 Å². The van der Waals surface area contributed by atoms with Crippen molar-refractivity contribution in [2.24, 2.45) is 0 Å². The average molecular weight is 232 g/mol. The number of aldehydes is 1. The molecule has 0 aromatic heterocycles. The molecule has 15 heavy (non-hydrogen) atoms. The summed E-state index contributed by atoms with van der Waals surface area (Å²) >= 11 is 0. The summed E-state index contributed by atoms with van der Waals surface area (Å²) in [5.74, 6) is 0. The second-order valence-corrected chi connectivity index (χ2v) is 4.48. The lowest BCUT2D eigenvalue weighted by atomic mass is 10.2. The summed E-state index contributed by atoms with van der Waals surface area (Å²) < 4.78 is 10.5. The van der Waals surface area contributed by atoms with Crippen LogP contribution in [0.5, 0.6) is 0 Å². The van der Waals surface area contributed by atoms with Crippen molar-refractivity contribution in [3.8, 4) is 0 Å². The Morgan fingerprint density at radius 2 is 2.33 bits per heavy atom. The number of hydrogen-bond donors (Lipinski definition) is 1. The minimum atomic E-state index is -0.557. The molecule has 0 spiro atoms. The molecule has 1 radical (unpaired) electrons. The summed E-state index contributed by atoms with van der Waals surface area (Å²) in [5.41, 5.74) is 0. The molecule has 5 heteroatoms. The minimum absolute atomic E-state index is 0.557. The van der Waals surface area contributed by atoms with E-state index in [-0.39, 0.29) is 0 Å². The predicted molar refractivity (Wildman–Crippen MR) is 63.4 cm³/mol. The lowest BCUT2D eigenvalue weighted by Gasteiger charge is -2.04. The molecule has 0 fully saturated rings. The first-order chi connectivity index (χ1) is 7.41. The Kier molecular flexibility index (Phi) is 13.6. The van der Waals surface area contributed by atoms with Crippen LogP contribution < -0.4 is 5.32 Å². The van der Waals surface area contributed by atoms with Crippen LogP contribution in [-0.2, 0) is 14.0 Å². The maximum Gasteiger partial charge on any atom is 0.168 e. The van der Waals surface area contributed by atoms with Crippen molar-refractivity contribution in [1.82, 2.24) is 5.32 Å². The van der Waals surface area contributed by atoms with E-state index < -0.39 is 9.76 Å². The number of unbranched alkanes of at least 4 members (excludes halogenated alkanes) is 2. The van der Waals surface area contributed by atoms with Crippen molar-refractivity contribution >= 4 is 16.0 Å². The third kappa shape index (κ3) is 13.8. The molecule has 0 unspecified atom stereocenters. The van der Waals surface area contributed by atoms with Crippen LogP contribution in [-0.4, -0.2) is 42.5 Å². The fourth-order valence-corrected chi connectivity index (χ4v) is 1.67. The molecule has 0 aliphatic carbocycles. The Balaban J connectivity index is 2.83. The molecule has 0 saturated carbocycles. The van der Waals surface area contributed by atoms with Crippen LogP contribution in [0.3, 0.4) is 0 Å². The Labute approximate surface area is 94.7 Å². The van der Waals surface area contributed by atoms with Gasteiger partial charge in [0.05, 0.1) is 6.73 Å². The third-order valence-electron chi connectivity index (χ3n) is 1.77. The van der Waals surface area contributed by atoms with Crippen molar-refractivity contribution in [2.45, 2.75) is 25.8 Å². The topological polar surface area (TPSA) is 47.6 Å². The SMILES string of the molecule is CCOCNC[CH]CCCO[SiH2]CC=O. The lowest BCUT2D eigenvalue weighted by molar-refractivity contribution is -0.106. The Morgan fingerprint density at radius 1 is 1.47 bits per heavy atom. The van der Waals surface area contributed by atoms with Crippen LogP contribution in [0.4, 0.5) is 0 Å². The van der Waals surface area contributed by atoms with Crippen molar-refractivity contribution in [1.29, 1.82) is 0 Å². The molecule has 0 bridgehead atoms. The molecule has 0 heterocycles. The van der Waals surface area contributed by atoms with E-state index in [1.165, 1.54) is 0 Å². The van der Waals surface area contributed by atoms with Gasteiger partial charge in [0.1, 0.15) is 6.29 Å². The highest BCUT2D eigenvalue weighted by molar-refractivity contribution is 6.31. The first kappa shape index (κ1) is 14.8. The number of carbonyl (C=O) groups is 1. The fourth-order valence-electron chi connectivity index (χ4n) is 1.00. The van der Waals surface area contributed by atoms with Gasteiger partial charge in [0, 0.05) is 25.8 Å². The standard InChI is InChI=1S/C10H22NO3Si/c1-2-13-10-11-6-4-3-5-8-14-15-9-7-12/h4,7,11H,2-3,5-6,8-10,15H2,1H3. The molecular formula is C10H22NO3Si. The summed E-state index contributed by atoms with van der Waals surface area (Å²) in [6, 6.07) is 0.639. The third-order valence-corrected chi connectivity index (χ3v) is 2.82. The minimum Gasteiger partial charge on any atom is -0.424 e. The summed E-state index contributed by atoms with van der Waals surface area (Å²) in [6.07, 6.45) is 5.22. The Hall–Kier alpha value is -0.233. The van der Waals surface area contributed by atoms with Gasteiger partial charge in [-0.1, -0.05) is 0 Å². The Bertz CT molecular complexity index is 136. The zero-order valence-corrected chi connectivity index (χ0v) is 11.0. The maximum absolute atomic E-state index is 9.99. The van der Waals surface area contributed by atoms with Gasteiger partial charge in [-0.25, -0.2) is 0 Å². The van der Waals surface area contributed by atoms with Gasteiger partial charge in [-0.2, -0.15) is 0 Å². The molecule has 0 aliphatic rings. The van der Waals surface area contributed by atoms with E-state index in [1.807, 2.05) is 6.92 Å². The van der Waals surface area contributed by atoms with Crippen LogP contribution in [0.1, 0.15) is 19.8 Å². The van der Waals surface area contributed by atoms with Crippen molar-refractivity contribution in [3.63, 3.8) is 0 Å². The summed E-state index contributed by atoms with van der Waals surface area (Å²) in [7, 11) is -0.557. The molecule has 89 valence electrons. The van der Waals surface area contributed by atoms with Gasteiger partial charge in [0.25, 0.3) is 0 Å². The molecule has 0 amide bonds. The molecule has 1 N–H and O–H groups in total. The number of nitrogens with one attached hydrogen (secondary N) is 1. The predicted octanol–water partition coefficient (Wildman–Crippen LogP) is 0.272. The normalized spacial score (nSPS) is 11.3. The summed E-state index contributed by atoms with van der Waals surface area (Å²) in [6.45, 7) is 5.03. The van der Waals surface area contributed by atoms with E-state index in [1.54, 1.807) is 0 Å². The zero-order chi connectivity index (χ0) is 11.2. The number of rotatable bonds is 12. The second kappa shape index (κ2) is 13.8. The van der Waals surface area contributed by atoms with Gasteiger partial charge in [-0.05, 0) is 26.2 Å². The maximum atomic E-state index is 9.99. The van der Waals surface area contributed by atoms with Crippen molar-refractivity contribution in [2.75, 3.05) is 26.5 Å². The summed E-state index contributed by atoms with van der Waals surface area (Å²) in [5, 5.41) is 3.14. The van der Waals surface area contributed by atoms with Gasteiger partial charge in [-0.15, -0.1) is 0 Å². The molecule has 0 atom stereocenters. The van der Waals surface area contributed by atoms with Crippen LogP contribution >= 0.6 is 0 Å². The van der Waals surface area contributed by atoms with Crippen molar-refractivity contribution < 1.29 is 14.0 Å². The van der Waals surface area contributed by atoms with E-state index in [9.17, 15) is 4.79 Å². The largest absolute Gasteiger partial charge is 0.424 e. The highest BCUT2D eigenvalue weighted by Crippen LogP contribution is 1.93. The highest BCUT2D eigenvalue weighted by atomic mass is 28.2. The smallest absolute Gasteiger partial charge is 0.168 e. The van der Waals surface area contributed by atoms with Gasteiger partial charge < -0.3 is 14.0 Å². The van der Waals surface area contributed by atoms with E-state index in [0.717, 1.165) is 38.9 Å². The number of hydrogen-bond acceptors (Lipinski definition) is 4. The lowest BCUT2D eigenvalue weighted by Crippen LogP contribution is -2.19. The molecule has 0 aromatic carbocycles. The van der Waals surface area contributed by atoms with Crippen LogP contribution in [0.25, 0.3) is 0 Å². The quantitative estimate of drug-likeness (QED) is 0.227. The molecular weight excluding hydrogens is 210 g/mol. The first-order valence-electron chi connectivity index (χ1n) is 5.53. The summed E-state index contributed by atoms with van der Waals surface area (Å²) in [4.78, 5) is 9.99. The number of ether oxygens (including phenoxy) is 1. The number of carbonyl (C=O) groups excluding carboxylic acids is 1. The highest BCUT2D eigenvalue weighted by Gasteiger charge is 1.91. The molecule has 0 aromatic rings. The molecule has 0 saturated heterocycles. The molecule has 0 aliphatic heterocycles. The van der Waals surface area contributed by atoms with Crippen molar-refractivity contribution in [3.05, 3.63) is 6.42 Å². The van der Waals surface area contributed by atoms with Gasteiger partial charge >= 0.3 is 0 Å². The second-order valence-electron chi connectivity index (χ2n) is 3.09. The van der Waals surface area contributed by atoms with E-state index in [4.69, 9.17) is 9.16 Å². The molecule has 4 nitrogen and oxygen atoms in total. The van der Waals surface area contributed by atoms with Gasteiger partial charge in [0.15, 0.2) is 9.76 Å². The fraction of sp³-hybridized carbons (Fsp3) is 0.800. The van der Waals surface area contributed by atoms with Gasteiger partial charge in [-0.3, -0.25) is 5.32 Å². The zero-order valence-electron chi connectivity index (χ0n) is 9.54. The average Bonchev–Trinajstić information content (AvgIpc) is 2.26.